The first kappa shape index (κ1) is 11.4. The topological polar surface area (TPSA) is 40.1 Å². The van der Waals surface area contributed by atoms with E-state index < -0.39 is 11.4 Å². The molecule has 0 aliphatic heterocycles. The van der Waals surface area contributed by atoms with Crippen molar-refractivity contribution >= 4 is 33.3 Å². The Bertz CT molecular complexity index is 139. The Labute approximate surface area is 87.5 Å². The number of carbonyl (C=O) groups is 1. The maximum absolute atomic E-state index is 10.6. The maximum atomic E-state index is 10.6. The van der Waals surface area contributed by atoms with Crippen LogP contribution in [-0.4, -0.2) is 33.3 Å². The van der Waals surface area contributed by atoms with E-state index in [9.17, 15) is 9.90 Å². The standard InChI is InChI=1S/C8H14O2.Tl/c1-8(7(9)10)5-3-2-4-6-8;/h2-6H2,1H3,(H,9,10);/q;+1/p-1. The van der Waals surface area contributed by atoms with Crippen LogP contribution in [0.2, 0.25) is 0 Å². The third-order valence-electron chi connectivity index (χ3n) is 2.45. The molecule has 2 nitrogen and oxygen atoms in total. The van der Waals surface area contributed by atoms with E-state index in [0.29, 0.717) is 0 Å². The minimum Gasteiger partial charge on any atom is -0.550 e. The van der Waals surface area contributed by atoms with E-state index in [4.69, 9.17) is 0 Å². The molecule has 1 fully saturated rings. The van der Waals surface area contributed by atoms with Crippen LogP contribution in [0.4, 0.5) is 0 Å². The van der Waals surface area contributed by atoms with Crippen LogP contribution < -0.4 is 5.11 Å². The van der Waals surface area contributed by atoms with Crippen molar-refractivity contribution in [2.75, 3.05) is 0 Å². The van der Waals surface area contributed by atoms with E-state index in [2.05, 4.69) is 0 Å². The average Bonchev–Trinajstić information content (AvgIpc) is 1.89. The van der Waals surface area contributed by atoms with Gasteiger partial charge >= 0.3 is 27.3 Å². The molecular weight excluding hydrogens is 332 g/mol. The minimum absolute atomic E-state index is 0. The molecule has 0 amide bonds. The Kier molecular flexibility index (Phi) is 4.58. The Balaban J connectivity index is 0.000001000. The first-order chi connectivity index (χ1) is 4.65. The van der Waals surface area contributed by atoms with Gasteiger partial charge in [0.2, 0.25) is 0 Å². The molecule has 0 spiro atoms. The number of aliphatic carboxylic acids is 1. The Hall–Kier alpha value is 0.392. The van der Waals surface area contributed by atoms with Crippen molar-refractivity contribution in [2.45, 2.75) is 39.0 Å². The van der Waals surface area contributed by atoms with E-state index in [1.165, 1.54) is 6.42 Å². The van der Waals surface area contributed by atoms with Gasteiger partial charge in [0, 0.05) is 11.4 Å². The summed E-state index contributed by atoms with van der Waals surface area (Å²) in [7, 11) is 0. The summed E-state index contributed by atoms with van der Waals surface area (Å²) in [4.78, 5) is 10.6. The fraction of sp³-hybridized carbons (Fsp3) is 0.875. The monoisotopic (exact) mass is 346 g/mol. The molecule has 60 valence electrons. The maximum Gasteiger partial charge on any atom is 1.00 e. The predicted octanol–water partition coefficient (Wildman–Crippen LogP) is 0.326. The molecular formula is C8H13O2Tl. The van der Waals surface area contributed by atoms with Gasteiger partial charge in [-0.05, 0) is 12.8 Å². The molecule has 0 unspecified atom stereocenters. The van der Waals surface area contributed by atoms with Crippen LogP contribution >= 0.6 is 0 Å². The summed E-state index contributed by atoms with van der Waals surface area (Å²) >= 11 is 0. The fourth-order valence-corrected chi connectivity index (χ4v) is 1.54. The van der Waals surface area contributed by atoms with Gasteiger partial charge in [0.05, 0.1) is 0 Å². The minimum atomic E-state index is -0.868. The van der Waals surface area contributed by atoms with Gasteiger partial charge in [0.25, 0.3) is 0 Å². The van der Waals surface area contributed by atoms with Gasteiger partial charge in [-0.15, -0.1) is 0 Å². The summed E-state index contributed by atoms with van der Waals surface area (Å²) in [5.74, 6) is -0.868. The van der Waals surface area contributed by atoms with Gasteiger partial charge in [-0.1, -0.05) is 26.2 Å². The molecule has 1 aliphatic rings. The van der Waals surface area contributed by atoms with E-state index in [1.807, 2.05) is 0 Å². The number of rotatable bonds is 1. The van der Waals surface area contributed by atoms with Crippen molar-refractivity contribution in [2.24, 2.45) is 5.41 Å². The molecule has 0 heterocycles. The van der Waals surface area contributed by atoms with E-state index in [-0.39, 0.29) is 27.3 Å². The molecule has 3 heteroatoms. The van der Waals surface area contributed by atoms with Gasteiger partial charge in [-0.3, -0.25) is 0 Å². The van der Waals surface area contributed by atoms with Crippen molar-refractivity contribution in [3.63, 3.8) is 0 Å². The molecule has 0 atom stereocenters. The van der Waals surface area contributed by atoms with Crippen LogP contribution in [0.3, 0.4) is 0 Å². The summed E-state index contributed by atoms with van der Waals surface area (Å²) in [5, 5.41) is 10.6. The summed E-state index contributed by atoms with van der Waals surface area (Å²) in [5.41, 5.74) is -0.516. The predicted molar refractivity (Wildman–Crippen MR) is 42.0 cm³/mol. The van der Waals surface area contributed by atoms with Gasteiger partial charge in [-0.2, -0.15) is 0 Å². The molecule has 1 rings (SSSR count). The first-order valence-electron chi connectivity index (χ1n) is 3.87. The van der Waals surface area contributed by atoms with Crippen molar-refractivity contribution in [1.29, 1.82) is 0 Å². The second-order valence-electron chi connectivity index (χ2n) is 3.41. The Morgan fingerprint density at radius 2 is 1.73 bits per heavy atom. The zero-order valence-corrected chi connectivity index (χ0v) is 11.4. The van der Waals surface area contributed by atoms with Crippen molar-refractivity contribution in [3.8, 4) is 0 Å². The van der Waals surface area contributed by atoms with E-state index in [1.54, 1.807) is 6.92 Å². The molecule has 0 aromatic rings. The van der Waals surface area contributed by atoms with Crippen LogP contribution in [0.25, 0.3) is 0 Å². The van der Waals surface area contributed by atoms with Crippen LogP contribution in [0.5, 0.6) is 0 Å². The smallest absolute Gasteiger partial charge is 0.550 e. The third-order valence-corrected chi connectivity index (χ3v) is 2.45. The summed E-state index contributed by atoms with van der Waals surface area (Å²) in [6.45, 7) is 1.79. The quantitative estimate of drug-likeness (QED) is 0.643. The van der Waals surface area contributed by atoms with E-state index in [0.717, 1.165) is 25.7 Å². The van der Waals surface area contributed by atoms with Crippen molar-refractivity contribution in [3.05, 3.63) is 0 Å². The number of carbonyl (C=O) groups excluding carboxylic acids is 1. The zero-order valence-electron chi connectivity index (χ0n) is 6.93. The molecule has 0 radical (unpaired) electrons. The number of hydrogen-bond acceptors (Lipinski definition) is 2. The number of hydrogen-bond donors (Lipinski definition) is 0. The summed E-state index contributed by atoms with van der Waals surface area (Å²) < 4.78 is 0. The second kappa shape index (κ2) is 4.43. The van der Waals surface area contributed by atoms with E-state index >= 15 is 0 Å². The SMILES string of the molecule is CC1(C(=O)[O-])CCCCC1.[Tl+]. The van der Waals surface area contributed by atoms with Gasteiger partial charge in [0.1, 0.15) is 0 Å². The van der Waals surface area contributed by atoms with Crippen molar-refractivity contribution in [1.82, 2.24) is 0 Å². The molecule has 1 aliphatic carbocycles. The van der Waals surface area contributed by atoms with Crippen LogP contribution in [0, 0.1) is 5.41 Å². The largest absolute Gasteiger partial charge is 1.00 e. The third kappa shape index (κ3) is 2.72. The van der Waals surface area contributed by atoms with Crippen LogP contribution in [0.1, 0.15) is 39.0 Å². The Morgan fingerprint density at radius 1 is 1.27 bits per heavy atom. The molecule has 0 bridgehead atoms. The average molecular weight is 346 g/mol. The van der Waals surface area contributed by atoms with Gasteiger partial charge < -0.3 is 9.90 Å². The number of carboxylic acids is 1. The van der Waals surface area contributed by atoms with Crippen molar-refractivity contribution < 1.29 is 9.90 Å². The number of carboxylic acid groups (broad SMARTS) is 1. The molecule has 0 saturated heterocycles. The Morgan fingerprint density at radius 3 is 2.00 bits per heavy atom. The second-order valence-corrected chi connectivity index (χ2v) is 3.41. The molecule has 11 heavy (non-hydrogen) atoms. The van der Waals surface area contributed by atoms with Gasteiger partial charge in [-0.25, -0.2) is 0 Å². The first-order valence-corrected chi connectivity index (χ1v) is 3.87. The fourth-order valence-electron chi connectivity index (χ4n) is 1.54. The summed E-state index contributed by atoms with van der Waals surface area (Å²) in [6.07, 6.45) is 4.88. The molecule has 0 aromatic carbocycles. The van der Waals surface area contributed by atoms with Crippen LogP contribution in [-0.2, 0) is 4.79 Å². The normalized spacial score (nSPS) is 21.9. The zero-order chi connectivity index (χ0) is 7.61. The van der Waals surface area contributed by atoms with Gasteiger partial charge in [0.15, 0.2) is 0 Å². The molecule has 1 saturated carbocycles. The summed E-state index contributed by atoms with van der Waals surface area (Å²) in [6, 6.07) is 0. The van der Waals surface area contributed by atoms with Crippen LogP contribution in [0.15, 0.2) is 0 Å². The molecule has 0 aromatic heterocycles. The molecule has 0 N–H and O–H groups in total.